The Bertz CT molecular complexity index is 739. The summed E-state index contributed by atoms with van der Waals surface area (Å²) in [6.45, 7) is 8.56. The van der Waals surface area contributed by atoms with Crippen LogP contribution in [0.15, 0.2) is 54.6 Å². The van der Waals surface area contributed by atoms with Gasteiger partial charge < -0.3 is 10.1 Å². The molecule has 0 aliphatic carbocycles. The number of hydrogen-bond acceptors (Lipinski definition) is 2. The SMILES string of the molecule is COc1ccccc1/C=C/C(=O)N[C@@H](C)c1ccc(C(C)(C)C)cc1. The quantitative estimate of drug-likeness (QED) is 0.789. The Hall–Kier alpha value is -2.55. The van der Waals surface area contributed by atoms with Crippen molar-refractivity contribution in [1.82, 2.24) is 5.32 Å². The fraction of sp³-hybridized carbons (Fsp3) is 0.318. The van der Waals surface area contributed by atoms with Crippen LogP contribution < -0.4 is 10.1 Å². The number of ether oxygens (including phenoxy) is 1. The largest absolute Gasteiger partial charge is 0.496 e. The lowest BCUT2D eigenvalue weighted by atomic mass is 9.86. The smallest absolute Gasteiger partial charge is 0.244 e. The van der Waals surface area contributed by atoms with Gasteiger partial charge in [0.2, 0.25) is 5.91 Å². The molecule has 0 aliphatic rings. The Morgan fingerprint density at radius 1 is 1.08 bits per heavy atom. The summed E-state index contributed by atoms with van der Waals surface area (Å²) < 4.78 is 5.28. The normalized spacial score (nSPS) is 12.8. The van der Waals surface area contributed by atoms with Crippen molar-refractivity contribution in [3.05, 3.63) is 71.3 Å². The first-order valence-corrected chi connectivity index (χ1v) is 8.53. The number of rotatable bonds is 5. The first-order valence-electron chi connectivity index (χ1n) is 8.53. The number of nitrogens with one attached hydrogen (secondary N) is 1. The molecule has 3 heteroatoms. The van der Waals surface area contributed by atoms with Crippen molar-refractivity contribution >= 4 is 12.0 Å². The predicted octanol–water partition coefficient (Wildman–Crippen LogP) is 4.88. The van der Waals surface area contributed by atoms with Crippen LogP contribution in [-0.4, -0.2) is 13.0 Å². The molecule has 0 aromatic heterocycles. The summed E-state index contributed by atoms with van der Waals surface area (Å²) in [5, 5.41) is 3.00. The highest BCUT2D eigenvalue weighted by Crippen LogP contribution is 2.24. The zero-order chi connectivity index (χ0) is 18.4. The summed E-state index contributed by atoms with van der Waals surface area (Å²) in [6.07, 6.45) is 3.31. The molecular formula is C22H27NO2. The zero-order valence-corrected chi connectivity index (χ0v) is 15.7. The summed E-state index contributed by atoms with van der Waals surface area (Å²) in [5.74, 6) is 0.621. The van der Waals surface area contributed by atoms with E-state index in [0.29, 0.717) is 0 Å². The van der Waals surface area contributed by atoms with E-state index < -0.39 is 0 Å². The molecule has 1 atom stereocenters. The molecule has 1 amide bonds. The van der Waals surface area contributed by atoms with Gasteiger partial charge in [0, 0.05) is 11.6 Å². The molecule has 3 nitrogen and oxygen atoms in total. The number of para-hydroxylation sites is 1. The second kappa shape index (κ2) is 8.02. The van der Waals surface area contributed by atoms with E-state index in [9.17, 15) is 4.79 Å². The van der Waals surface area contributed by atoms with Gasteiger partial charge in [-0.05, 0) is 35.6 Å². The van der Waals surface area contributed by atoms with Gasteiger partial charge in [0.05, 0.1) is 13.2 Å². The lowest BCUT2D eigenvalue weighted by Crippen LogP contribution is -2.24. The third-order valence-corrected chi connectivity index (χ3v) is 4.19. The summed E-state index contributed by atoms with van der Waals surface area (Å²) in [6, 6.07) is 16.0. The van der Waals surface area contributed by atoms with Crippen LogP contribution in [0.5, 0.6) is 5.75 Å². The van der Waals surface area contributed by atoms with Crippen LogP contribution in [0.3, 0.4) is 0 Å². The zero-order valence-electron chi connectivity index (χ0n) is 15.7. The lowest BCUT2D eigenvalue weighted by molar-refractivity contribution is -0.117. The molecule has 2 rings (SSSR count). The summed E-state index contributed by atoms with van der Waals surface area (Å²) in [7, 11) is 1.62. The minimum absolute atomic E-state index is 0.0520. The number of hydrogen-bond donors (Lipinski definition) is 1. The Kier molecular flexibility index (Phi) is 6.02. The van der Waals surface area contributed by atoms with Crippen LogP contribution in [0.4, 0.5) is 0 Å². The van der Waals surface area contributed by atoms with Crippen molar-refractivity contribution in [2.45, 2.75) is 39.2 Å². The number of carbonyl (C=O) groups excluding carboxylic acids is 1. The van der Waals surface area contributed by atoms with Gasteiger partial charge in [-0.3, -0.25) is 4.79 Å². The average molecular weight is 337 g/mol. The molecule has 132 valence electrons. The number of amides is 1. The minimum atomic E-state index is -0.127. The van der Waals surface area contributed by atoms with E-state index in [2.05, 4.69) is 50.4 Å². The average Bonchev–Trinajstić information content (AvgIpc) is 2.59. The maximum absolute atomic E-state index is 12.2. The van der Waals surface area contributed by atoms with E-state index in [1.165, 1.54) is 11.6 Å². The second-order valence-corrected chi connectivity index (χ2v) is 7.18. The third kappa shape index (κ3) is 5.21. The van der Waals surface area contributed by atoms with Gasteiger partial charge >= 0.3 is 0 Å². The van der Waals surface area contributed by atoms with Crippen LogP contribution >= 0.6 is 0 Å². The molecule has 0 saturated heterocycles. The Labute approximate surface area is 150 Å². The van der Waals surface area contributed by atoms with Crippen LogP contribution in [-0.2, 0) is 10.2 Å². The highest BCUT2D eigenvalue weighted by molar-refractivity contribution is 5.92. The fourth-order valence-electron chi connectivity index (χ4n) is 2.59. The molecule has 0 saturated carbocycles. The predicted molar refractivity (Wildman–Crippen MR) is 104 cm³/mol. The van der Waals surface area contributed by atoms with Gasteiger partial charge in [-0.15, -0.1) is 0 Å². The molecule has 0 unspecified atom stereocenters. The van der Waals surface area contributed by atoms with Gasteiger partial charge in [0.1, 0.15) is 5.75 Å². The summed E-state index contributed by atoms with van der Waals surface area (Å²) in [5.41, 5.74) is 3.38. The van der Waals surface area contributed by atoms with Crippen molar-refractivity contribution in [1.29, 1.82) is 0 Å². The van der Waals surface area contributed by atoms with Crippen molar-refractivity contribution in [3.8, 4) is 5.75 Å². The van der Waals surface area contributed by atoms with E-state index in [1.54, 1.807) is 13.2 Å². The van der Waals surface area contributed by atoms with E-state index >= 15 is 0 Å². The van der Waals surface area contributed by atoms with Gasteiger partial charge in [-0.1, -0.05) is 63.2 Å². The monoisotopic (exact) mass is 337 g/mol. The molecule has 0 bridgehead atoms. The Morgan fingerprint density at radius 3 is 2.32 bits per heavy atom. The molecule has 0 radical (unpaired) electrons. The highest BCUT2D eigenvalue weighted by Gasteiger charge is 2.14. The third-order valence-electron chi connectivity index (χ3n) is 4.19. The number of benzene rings is 2. The van der Waals surface area contributed by atoms with Crippen LogP contribution in [0.2, 0.25) is 0 Å². The van der Waals surface area contributed by atoms with Crippen LogP contribution in [0.25, 0.3) is 6.08 Å². The fourth-order valence-corrected chi connectivity index (χ4v) is 2.59. The maximum Gasteiger partial charge on any atom is 0.244 e. The second-order valence-electron chi connectivity index (χ2n) is 7.18. The Balaban J connectivity index is 2.01. The maximum atomic E-state index is 12.2. The van der Waals surface area contributed by atoms with Crippen molar-refractivity contribution in [3.63, 3.8) is 0 Å². The number of methoxy groups -OCH3 is 1. The van der Waals surface area contributed by atoms with Crippen molar-refractivity contribution in [2.24, 2.45) is 0 Å². The molecule has 0 aliphatic heterocycles. The molecular weight excluding hydrogens is 310 g/mol. The molecule has 25 heavy (non-hydrogen) atoms. The summed E-state index contributed by atoms with van der Waals surface area (Å²) >= 11 is 0. The Morgan fingerprint density at radius 2 is 1.72 bits per heavy atom. The van der Waals surface area contributed by atoms with Crippen molar-refractivity contribution < 1.29 is 9.53 Å². The summed E-state index contributed by atoms with van der Waals surface area (Å²) in [4.78, 5) is 12.2. The minimum Gasteiger partial charge on any atom is -0.496 e. The lowest BCUT2D eigenvalue weighted by Gasteiger charge is -2.20. The van der Waals surface area contributed by atoms with Crippen LogP contribution in [0, 0.1) is 0 Å². The molecule has 2 aromatic rings. The molecule has 0 spiro atoms. The van der Waals surface area contributed by atoms with Gasteiger partial charge in [-0.2, -0.15) is 0 Å². The highest BCUT2D eigenvalue weighted by atomic mass is 16.5. The van der Waals surface area contributed by atoms with Gasteiger partial charge in [0.15, 0.2) is 0 Å². The standard InChI is InChI=1S/C22H27NO2/c1-16(17-10-13-19(14-11-17)22(2,3)4)23-21(24)15-12-18-8-6-7-9-20(18)25-5/h6-16H,1-5H3,(H,23,24)/b15-12+/t16-/m0/s1. The molecule has 0 fully saturated rings. The van der Waals surface area contributed by atoms with E-state index in [-0.39, 0.29) is 17.4 Å². The molecule has 0 heterocycles. The topological polar surface area (TPSA) is 38.3 Å². The van der Waals surface area contributed by atoms with E-state index in [1.807, 2.05) is 31.2 Å². The van der Waals surface area contributed by atoms with Crippen molar-refractivity contribution in [2.75, 3.05) is 7.11 Å². The van der Waals surface area contributed by atoms with Gasteiger partial charge in [0.25, 0.3) is 0 Å². The molecule has 2 aromatic carbocycles. The van der Waals surface area contributed by atoms with Gasteiger partial charge in [-0.25, -0.2) is 0 Å². The first-order chi connectivity index (χ1) is 11.8. The first kappa shape index (κ1) is 18.8. The molecule has 1 N–H and O–H groups in total. The van der Waals surface area contributed by atoms with E-state index in [4.69, 9.17) is 4.74 Å². The van der Waals surface area contributed by atoms with Crippen LogP contribution in [0.1, 0.15) is 50.4 Å². The number of carbonyl (C=O) groups is 1. The van der Waals surface area contributed by atoms with E-state index in [0.717, 1.165) is 16.9 Å².